The summed E-state index contributed by atoms with van der Waals surface area (Å²) in [6.45, 7) is 2.66. The molecule has 5 heteroatoms. The van der Waals surface area contributed by atoms with Gasteiger partial charge >= 0.3 is 5.97 Å². The quantitative estimate of drug-likeness (QED) is 0.277. The summed E-state index contributed by atoms with van der Waals surface area (Å²) in [4.78, 5) is 22.6. The highest BCUT2D eigenvalue weighted by Crippen LogP contribution is 2.10. The lowest BCUT2D eigenvalue weighted by molar-refractivity contribution is -0.142. The Morgan fingerprint density at radius 3 is 2.48 bits per heavy atom. The fourth-order valence-corrected chi connectivity index (χ4v) is 2.12. The lowest BCUT2D eigenvalue weighted by Gasteiger charge is -2.08. The predicted octanol–water partition coefficient (Wildman–Crippen LogP) is 3.43. The minimum absolute atomic E-state index is 0.00386. The zero-order valence-corrected chi connectivity index (χ0v) is 13.9. The maximum Gasteiger partial charge on any atom is 0.310 e. The van der Waals surface area contributed by atoms with E-state index in [-0.39, 0.29) is 12.3 Å². The molecule has 2 N–H and O–H groups in total. The largest absolute Gasteiger partial charge is 0.481 e. The molecule has 0 rings (SSSR count). The minimum atomic E-state index is -0.949. The van der Waals surface area contributed by atoms with E-state index in [4.69, 9.17) is 5.11 Å². The van der Waals surface area contributed by atoms with E-state index >= 15 is 0 Å². The van der Waals surface area contributed by atoms with Crippen LogP contribution in [-0.4, -0.2) is 29.3 Å². The summed E-state index contributed by atoms with van der Waals surface area (Å²) in [5.74, 6) is -1.36. The summed E-state index contributed by atoms with van der Waals surface area (Å²) < 4.78 is 0. The zero-order valence-electron chi connectivity index (χ0n) is 13.0. The Bertz CT molecular complexity index is 319. The molecule has 0 saturated carbocycles. The Kier molecular flexibility index (Phi) is 13.3. The smallest absolute Gasteiger partial charge is 0.310 e. The van der Waals surface area contributed by atoms with Crippen LogP contribution >= 0.6 is 12.6 Å². The van der Waals surface area contributed by atoms with Gasteiger partial charge in [-0.25, -0.2) is 0 Å². The molecule has 0 aromatic heterocycles. The number of hydrogen-bond acceptors (Lipinski definition) is 3. The second kappa shape index (κ2) is 14.0. The normalized spacial score (nSPS) is 12.5. The SMILES string of the molecule is CCCCCCCCC=CC(CC(=O)NCCS)C(=O)O. The van der Waals surface area contributed by atoms with Crippen LogP contribution in [0, 0.1) is 5.92 Å². The molecule has 0 heterocycles. The molecule has 0 spiro atoms. The van der Waals surface area contributed by atoms with Crippen molar-refractivity contribution >= 4 is 24.5 Å². The number of hydrogen-bond donors (Lipinski definition) is 3. The summed E-state index contributed by atoms with van der Waals surface area (Å²) in [5, 5.41) is 11.7. The molecule has 0 saturated heterocycles. The molecule has 1 atom stereocenters. The van der Waals surface area contributed by atoms with E-state index in [2.05, 4.69) is 24.9 Å². The van der Waals surface area contributed by atoms with Crippen LogP contribution in [0.4, 0.5) is 0 Å². The summed E-state index contributed by atoms with van der Waals surface area (Å²) in [5.41, 5.74) is 0. The number of rotatable bonds is 13. The van der Waals surface area contributed by atoms with Gasteiger partial charge in [-0.2, -0.15) is 12.6 Å². The molecular weight excluding hydrogens is 286 g/mol. The number of carboxylic acids is 1. The summed E-state index contributed by atoms with van der Waals surface area (Å²) in [7, 11) is 0. The van der Waals surface area contributed by atoms with E-state index in [1.165, 1.54) is 32.1 Å². The van der Waals surface area contributed by atoms with Crippen LogP contribution < -0.4 is 5.32 Å². The van der Waals surface area contributed by atoms with Crippen LogP contribution in [0.2, 0.25) is 0 Å². The van der Waals surface area contributed by atoms with Crippen molar-refractivity contribution in [2.45, 2.75) is 58.3 Å². The van der Waals surface area contributed by atoms with Gasteiger partial charge < -0.3 is 10.4 Å². The van der Waals surface area contributed by atoms with Crippen molar-refractivity contribution in [3.63, 3.8) is 0 Å². The standard InChI is InChI=1S/C16H29NO3S/c1-2-3-4-5-6-7-8-9-10-14(16(19)20)13-15(18)17-11-12-21/h9-10,14,21H,2-8,11-13H2,1H3,(H,17,18)(H,19,20). The molecule has 0 aliphatic heterocycles. The molecule has 1 amide bonds. The van der Waals surface area contributed by atoms with Crippen LogP contribution in [0.5, 0.6) is 0 Å². The zero-order chi connectivity index (χ0) is 15.9. The van der Waals surface area contributed by atoms with Gasteiger partial charge in [-0.3, -0.25) is 9.59 Å². The first-order valence-electron chi connectivity index (χ1n) is 7.88. The third-order valence-corrected chi connectivity index (χ3v) is 3.47. The maximum atomic E-state index is 11.5. The lowest BCUT2D eigenvalue weighted by Crippen LogP contribution is -2.29. The average Bonchev–Trinajstić information content (AvgIpc) is 2.46. The second-order valence-corrected chi connectivity index (χ2v) is 5.65. The Balaban J connectivity index is 3.89. The van der Waals surface area contributed by atoms with E-state index < -0.39 is 11.9 Å². The highest BCUT2D eigenvalue weighted by atomic mass is 32.1. The third kappa shape index (κ3) is 12.5. The average molecular weight is 315 g/mol. The van der Waals surface area contributed by atoms with Gasteiger partial charge in [0.1, 0.15) is 0 Å². The highest BCUT2D eigenvalue weighted by Gasteiger charge is 2.17. The summed E-state index contributed by atoms with van der Waals surface area (Å²) in [6.07, 6.45) is 11.7. The monoisotopic (exact) mass is 315 g/mol. The Morgan fingerprint density at radius 2 is 1.86 bits per heavy atom. The first kappa shape index (κ1) is 20.0. The van der Waals surface area contributed by atoms with Crippen LogP contribution in [0.25, 0.3) is 0 Å². The Labute approximate surface area is 133 Å². The number of carbonyl (C=O) groups excluding carboxylic acids is 1. The number of carboxylic acid groups (broad SMARTS) is 1. The fraction of sp³-hybridized carbons (Fsp3) is 0.750. The van der Waals surface area contributed by atoms with Crippen molar-refractivity contribution < 1.29 is 14.7 Å². The van der Waals surface area contributed by atoms with E-state index in [0.717, 1.165) is 12.8 Å². The number of amides is 1. The van der Waals surface area contributed by atoms with Gasteiger partial charge in [-0.15, -0.1) is 0 Å². The molecule has 1 unspecified atom stereocenters. The molecule has 0 aromatic carbocycles. The van der Waals surface area contributed by atoms with E-state index in [9.17, 15) is 9.59 Å². The van der Waals surface area contributed by atoms with Crippen LogP contribution in [0.1, 0.15) is 58.3 Å². The molecule has 0 aliphatic rings. The van der Waals surface area contributed by atoms with Gasteiger partial charge in [0.15, 0.2) is 0 Å². The first-order valence-corrected chi connectivity index (χ1v) is 8.52. The molecule has 0 fully saturated rings. The van der Waals surface area contributed by atoms with Crippen LogP contribution in [0.15, 0.2) is 12.2 Å². The van der Waals surface area contributed by atoms with Crippen LogP contribution in [0.3, 0.4) is 0 Å². The number of unbranched alkanes of at least 4 members (excludes halogenated alkanes) is 6. The van der Waals surface area contributed by atoms with Gasteiger partial charge in [0.25, 0.3) is 0 Å². The molecule has 21 heavy (non-hydrogen) atoms. The third-order valence-electron chi connectivity index (χ3n) is 3.25. The van der Waals surface area contributed by atoms with Gasteiger partial charge in [-0.05, 0) is 12.8 Å². The molecule has 0 bridgehead atoms. The van der Waals surface area contributed by atoms with Gasteiger partial charge in [0, 0.05) is 18.7 Å². The van der Waals surface area contributed by atoms with E-state index in [1.54, 1.807) is 6.08 Å². The molecule has 0 radical (unpaired) electrons. The fourth-order valence-electron chi connectivity index (χ4n) is 2.01. The van der Waals surface area contributed by atoms with Gasteiger partial charge in [0.2, 0.25) is 5.91 Å². The number of carbonyl (C=O) groups is 2. The number of nitrogens with one attached hydrogen (secondary N) is 1. The lowest BCUT2D eigenvalue weighted by atomic mass is 10.0. The minimum Gasteiger partial charge on any atom is -0.481 e. The highest BCUT2D eigenvalue weighted by molar-refractivity contribution is 7.80. The molecule has 0 aromatic rings. The topological polar surface area (TPSA) is 66.4 Å². The number of thiol groups is 1. The van der Waals surface area contributed by atoms with Crippen molar-refractivity contribution in [3.05, 3.63) is 12.2 Å². The Morgan fingerprint density at radius 1 is 1.19 bits per heavy atom. The molecule has 4 nitrogen and oxygen atoms in total. The van der Waals surface area contributed by atoms with E-state index in [1.807, 2.05) is 6.08 Å². The first-order chi connectivity index (χ1) is 10.1. The molecule has 0 aliphatic carbocycles. The second-order valence-electron chi connectivity index (χ2n) is 5.21. The summed E-state index contributed by atoms with van der Waals surface area (Å²) in [6, 6.07) is 0. The van der Waals surface area contributed by atoms with Crippen molar-refractivity contribution in [3.8, 4) is 0 Å². The van der Waals surface area contributed by atoms with Crippen LogP contribution in [-0.2, 0) is 9.59 Å². The van der Waals surface area contributed by atoms with Crippen molar-refractivity contribution in [1.29, 1.82) is 0 Å². The van der Waals surface area contributed by atoms with Gasteiger partial charge in [-0.1, -0.05) is 51.2 Å². The number of allylic oxidation sites excluding steroid dienone is 1. The van der Waals surface area contributed by atoms with Gasteiger partial charge in [0.05, 0.1) is 5.92 Å². The Hall–Kier alpha value is -0.970. The van der Waals surface area contributed by atoms with E-state index in [0.29, 0.717) is 12.3 Å². The van der Waals surface area contributed by atoms with Crippen molar-refractivity contribution in [1.82, 2.24) is 5.32 Å². The number of aliphatic carboxylic acids is 1. The predicted molar refractivity (Wildman–Crippen MR) is 89.7 cm³/mol. The molecular formula is C16H29NO3S. The summed E-state index contributed by atoms with van der Waals surface area (Å²) >= 11 is 3.99. The molecule has 122 valence electrons. The van der Waals surface area contributed by atoms with Crippen molar-refractivity contribution in [2.24, 2.45) is 5.92 Å². The maximum absolute atomic E-state index is 11.5. The van der Waals surface area contributed by atoms with Crippen molar-refractivity contribution in [2.75, 3.05) is 12.3 Å².